The molecule has 0 N–H and O–H groups in total. The molecule has 3 heteroatoms. The van der Waals surface area contributed by atoms with Crippen molar-refractivity contribution in [2.75, 3.05) is 0 Å². The summed E-state index contributed by atoms with van der Waals surface area (Å²) in [4.78, 5) is 0. The maximum atomic E-state index is 3.95. The summed E-state index contributed by atoms with van der Waals surface area (Å²) in [5.74, 6) is 0. The number of unbranched alkanes of at least 4 members (excludes halogenated alkanes) is 1. The highest BCUT2D eigenvalue weighted by atomic mass is 33.5. The lowest BCUT2D eigenvalue weighted by Crippen LogP contribution is -1.58. The molecule has 0 spiro atoms. The fraction of sp³-hybridized carbons (Fsp3) is 0.333. The average Bonchev–Trinajstić information content (AvgIpc) is 1.89. The number of rotatable bonds is 5. The smallest absolute Gasteiger partial charge is 0.0213 e. The predicted molar refractivity (Wildman–Crippen MR) is 52.7 cm³/mol. The highest BCUT2D eigenvalue weighted by molar-refractivity contribution is 9.06. The third-order valence-corrected chi connectivity index (χ3v) is 2.49. The Kier molecular flexibility index (Phi) is 9.03. The van der Waals surface area contributed by atoms with E-state index in [4.69, 9.17) is 0 Å². The van der Waals surface area contributed by atoms with Gasteiger partial charge in [-0.1, -0.05) is 34.6 Å². The van der Waals surface area contributed by atoms with E-state index in [9.17, 15) is 0 Å². The Labute approximate surface area is 69.4 Å². The van der Waals surface area contributed by atoms with Crippen molar-refractivity contribution in [1.29, 1.82) is 0 Å². The molecule has 0 amide bonds. The van der Waals surface area contributed by atoms with Crippen LogP contribution in [0.15, 0.2) is 24.1 Å². The maximum Gasteiger partial charge on any atom is -0.0213 e. The van der Waals surface area contributed by atoms with Crippen LogP contribution in [-0.4, -0.2) is 0 Å². The Morgan fingerprint density at radius 2 is 2.22 bits per heavy atom. The van der Waals surface area contributed by atoms with Crippen molar-refractivity contribution >= 4 is 32.3 Å². The van der Waals surface area contributed by atoms with Crippen molar-refractivity contribution in [3.05, 3.63) is 24.1 Å². The van der Waals surface area contributed by atoms with Gasteiger partial charge in [-0.3, -0.25) is 0 Å². The fourth-order valence-corrected chi connectivity index (χ4v) is 1.44. The van der Waals surface area contributed by atoms with Gasteiger partial charge in [0.15, 0.2) is 0 Å². The first kappa shape index (κ1) is 9.53. The van der Waals surface area contributed by atoms with Gasteiger partial charge in [0.1, 0.15) is 0 Å². The highest BCUT2D eigenvalue weighted by Crippen LogP contribution is 2.25. The van der Waals surface area contributed by atoms with E-state index in [2.05, 4.69) is 24.3 Å². The van der Waals surface area contributed by atoms with Crippen LogP contribution in [0.5, 0.6) is 0 Å². The molecule has 0 aliphatic carbocycles. The summed E-state index contributed by atoms with van der Waals surface area (Å²) < 4.78 is 0. The molecule has 0 unspecified atom stereocenters. The van der Waals surface area contributed by atoms with Gasteiger partial charge >= 0.3 is 0 Å². The lowest BCUT2D eigenvalue weighted by atomic mass is 10.3. The molecule has 0 atom stereocenters. The summed E-state index contributed by atoms with van der Waals surface area (Å²) in [6.07, 6.45) is 6.19. The van der Waals surface area contributed by atoms with Crippen molar-refractivity contribution in [2.45, 2.75) is 12.8 Å². The zero-order valence-corrected chi connectivity index (χ0v) is 7.64. The second-order valence-electron chi connectivity index (χ2n) is 1.41. The number of allylic oxidation sites excluding steroid dienone is 2. The van der Waals surface area contributed by atoms with Crippen molar-refractivity contribution in [2.24, 2.45) is 0 Å². The van der Waals surface area contributed by atoms with E-state index in [1.165, 1.54) is 9.83 Å². The first-order valence-electron chi connectivity index (χ1n) is 2.64. The number of hydrogen-bond acceptors (Lipinski definition) is 3. The van der Waals surface area contributed by atoms with Gasteiger partial charge < -0.3 is 0 Å². The standard InChI is InChI=1S/C6H10S3/c1-2-3-4-5-6-8-9-7/h2,5-7H,1,3-4H2. The molecule has 0 aromatic carbocycles. The molecule has 0 nitrogen and oxygen atoms in total. The van der Waals surface area contributed by atoms with E-state index in [-0.39, 0.29) is 0 Å². The normalized spacial score (nSPS) is 10.3. The topological polar surface area (TPSA) is 0 Å². The molecule has 0 radical (unpaired) electrons. The summed E-state index contributed by atoms with van der Waals surface area (Å²) in [5, 5.41) is 2.04. The van der Waals surface area contributed by atoms with Gasteiger partial charge in [0.05, 0.1) is 0 Å². The molecule has 0 bridgehead atoms. The Balaban J connectivity index is 2.94. The molecule has 0 saturated heterocycles. The third kappa shape index (κ3) is 8.53. The third-order valence-electron chi connectivity index (χ3n) is 0.732. The van der Waals surface area contributed by atoms with Crippen LogP contribution in [-0.2, 0) is 0 Å². The highest BCUT2D eigenvalue weighted by Gasteiger charge is 1.74. The molecular weight excluding hydrogens is 168 g/mol. The molecule has 0 aromatic rings. The van der Waals surface area contributed by atoms with Crippen LogP contribution in [0.1, 0.15) is 12.8 Å². The molecular formula is C6H10S3. The van der Waals surface area contributed by atoms with Gasteiger partial charge in [-0.2, -0.15) is 0 Å². The van der Waals surface area contributed by atoms with Crippen LogP contribution in [0.25, 0.3) is 0 Å². The van der Waals surface area contributed by atoms with Crippen molar-refractivity contribution in [3.63, 3.8) is 0 Å². The molecule has 0 aliphatic heterocycles. The molecule has 52 valence electrons. The molecule has 0 fully saturated rings. The van der Waals surface area contributed by atoms with Gasteiger partial charge in [0, 0.05) is 0 Å². The first-order valence-corrected chi connectivity index (χ1v) is 5.91. The first-order chi connectivity index (χ1) is 4.41. The largest absolute Gasteiger partial charge is 0.103 e. The van der Waals surface area contributed by atoms with Gasteiger partial charge in [0.25, 0.3) is 0 Å². The monoisotopic (exact) mass is 178 g/mol. The number of thiol groups is 1. The second kappa shape index (κ2) is 8.53. The van der Waals surface area contributed by atoms with Gasteiger partial charge in [-0.15, -0.1) is 6.58 Å². The minimum Gasteiger partial charge on any atom is -0.103 e. The number of hydrogen-bond donors (Lipinski definition) is 1. The van der Waals surface area contributed by atoms with Crippen LogP contribution in [0.2, 0.25) is 0 Å². The Morgan fingerprint density at radius 1 is 1.44 bits per heavy atom. The lowest BCUT2D eigenvalue weighted by molar-refractivity contribution is 1.06. The maximum absolute atomic E-state index is 3.95. The Hall–Kier alpha value is 0.530. The molecule has 0 aromatic heterocycles. The summed E-state index contributed by atoms with van der Waals surface area (Å²) in [6.45, 7) is 3.62. The zero-order valence-electron chi connectivity index (χ0n) is 5.12. The van der Waals surface area contributed by atoms with Gasteiger partial charge in [-0.05, 0) is 28.1 Å². The SMILES string of the molecule is C=CCCC=CSSS. The molecule has 0 saturated carbocycles. The summed E-state index contributed by atoms with van der Waals surface area (Å²) >= 11 is 3.95. The average molecular weight is 178 g/mol. The molecule has 0 rings (SSSR count). The molecule has 0 aliphatic rings. The second-order valence-corrected chi connectivity index (χ2v) is 4.39. The predicted octanol–water partition coefficient (Wildman–Crippen LogP) is 3.69. The molecule has 9 heavy (non-hydrogen) atoms. The van der Waals surface area contributed by atoms with E-state index in [1.807, 2.05) is 11.5 Å². The summed E-state index contributed by atoms with van der Waals surface area (Å²) in [7, 11) is 3.08. The summed E-state index contributed by atoms with van der Waals surface area (Å²) in [6, 6.07) is 0. The van der Waals surface area contributed by atoms with E-state index in [0.29, 0.717) is 0 Å². The van der Waals surface area contributed by atoms with Crippen LogP contribution in [0.3, 0.4) is 0 Å². The Morgan fingerprint density at radius 3 is 2.78 bits per heavy atom. The quantitative estimate of drug-likeness (QED) is 0.295. The van der Waals surface area contributed by atoms with E-state index >= 15 is 0 Å². The van der Waals surface area contributed by atoms with Crippen LogP contribution < -0.4 is 0 Å². The van der Waals surface area contributed by atoms with Crippen molar-refractivity contribution in [3.8, 4) is 0 Å². The van der Waals surface area contributed by atoms with Crippen molar-refractivity contribution < 1.29 is 0 Å². The van der Waals surface area contributed by atoms with E-state index < -0.39 is 0 Å². The fourth-order valence-electron chi connectivity index (χ4n) is 0.346. The van der Waals surface area contributed by atoms with Crippen LogP contribution >= 0.6 is 32.3 Å². The Bertz CT molecular complexity index is 88.3. The van der Waals surface area contributed by atoms with E-state index in [1.54, 1.807) is 10.8 Å². The minimum absolute atomic E-state index is 1.06. The lowest BCUT2D eigenvalue weighted by Gasteiger charge is -1.83. The van der Waals surface area contributed by atoms with Gasteiger partial charge in [0.2, 0.25) is 0 Å². The van der Waals surface area contributed by atoms with Crippen molar-refractivity contribution in [1.82, 2.24) is 0 Å². The zero-order chi connectivity index (χ0) is 6.95. The van der Waals surface area contributed by atoms with Gasteiger partial charge in [-0.25, -0.2) is 0 Å². The van der Waals surface area contributed by atoms with Crippen LogP contribution in [0, 0.1) is 0 Å². The summed E-state index contributed by atoms with van der Waals surface area (Å²) in [5.41, 5.74) is 0. The molecule has 0 heterocycles. The van der Waals surface area contributed by atoms with Crippen LogP contribution in [0.4, 0.5) is 0 Å². The van der Waals surface area contributed by atoms with E-state index in [0.717, 1.165) is 12.8 Å². The minimum atomic E-state index is 1.06.